The lowest BCUT2D eigenvalue weighted by Crippen LogP contribution is -2.38. The Morgan fingerprint density at radius 1 is 1.00 bits per heavy atom. The number of carbonyl (C=O) groups excluding carboxylic acids is 2. The van der Waals surface area contributed by atoms with E-state index in [0.717, 1.165) is 18.8 Å². The number of amides is 2. The van der Waals surface area contributed by atoms with E-state index in [0.29, 0.717) is 18.8 Å². The molecule has 0 bridgehead atoms. The van der Waals surface area contributed by atoms with E-state index >= 15 is 0 Å². The zero-order valence-corrected chi connectivity index (χ0v) is 13.8. The molecule has 0 atom stereocenters. The summed E-state index contributed by atoms with van der Waals surface area (Å²) in [6.45, 7) is 7.18. The van der Waals surface area contributed by atoms with Crippen LogP contribution in [0.5, 0.6) is 0 Å². The van der Waals surface area contributed by atoms with Gasteiger partial charge in [-0.15, -0.1) is 0 Å². The van der Waals surface area contributed by atoms with E-state index in [1.807, 2.05) is 31.1 Å². The van der Waals surface area contributed by atoms with Crippen LogP contribution in [0.1, 0.15) is 13.8 Å². The van der Waals surface area contributed by atoms with Crippen molar-refractivity contribution >= 4 is 23.2 Å². The number of anilines is 2. The monoisotopic (exact) mass is 306 g/mol. The maximum Gasteiger partial charge on any atom is 0.313 e. The summed E-state index contributed by atoms with van der Waals surface area (Å²) in [6, 6.07) is 7.48. The predicted molar refractivity (Wildman–Crippen MR) is 90.2 cm³/mol. The Morgan fingerprint density at radius 2 is 1.59 bits per heavy atom. The van der Waals surface area contributed by atoms with Crippen LogP contribution in [-0.2, 0) is 9.59 Å². The number of carbonyl (C=O) groups is 2. The summed E-state index contributed by atoms with van der Waals surface area (Å²) in [5.41, 5.74) is 1.71. The quantitative estimate of drug-likeness (QED) is 0.742. The minimum absolute atomic E-state index is 0.445. The highest BCUT2D eigenvalue weighted by molar-refractivity contribution is 6.39. The molecule has 0 saturated heterocycles. The van der Waals surface area contributed by atoms with E-state index in [9.17, 15) is 9.59 Å². The lowest BCUT2D eigenvalue weighted by atomic mass is 10.2. The number of nitrogens with zero attached hydrogens (tertiary/aromatic N) is 2. The molecule has 0 heterocycles. The normalized spacial score (nSPS) is 10.4. The fourth-order valence-corrected chi connectivity index (χ4v) is 2.01. The average molecular weight is 306 g/mol. The van der Waals surface area contributed by atoms with Gasteiger partial charge >= 0.3 is 11.8 Å². The Morgan fingerprint density at radius 3 is 2.09 bits per heavy atom. The van der Waals surface area contributed by atoms with Crippen molar-refractivity contribution < 1.29 is 9.59 Å². The molecule has 0 fully saturated rings. The fourth-order valence-electron chi connectivity index (χ4n) is 2.01. The highest BCUT2D eigenvalue weighted by atomic mass is 16.2. The molecule has 0 aliphatic rings. The topological polar surface area (TPSA) is 64.7 Å². The summed E-state index contributed by atoms with van der Waals surface area (Å²) in [6.07, 6.45) is 0. The number of nitrogens with one attached hydrogen (secondary N) is 2. The van der Waals surface area contributed by atoms with Crippen LogP contribution in [0.2, 0.25) is 0 Å². The van der Waals surface area contributed by atoms with Crippen LogP contribution in [0.4, 0.5) is 11.4 Å². The van der Waals surface area contributed by atoms with Gasteiger partial charge in [-0.1, -0.05) is 0 Å². The van der Waals surface area contributed by atoms with E-state index < -0.39 is 11.8 Å². The van der Waals surface area contributed by atoms with Crippen LogP contribution in [0.15, 0.2) is 24.3 Å². The first kappa shape index (κ1) is 18.0. The number of hydrogen-bond donors (Lipinski definition) is 2. The Labute approximate surface area is 132 Å². The molecular weight excluding hydrogens is 280 g/mol. The molecule has 0 aromatic heterocycles. The fraction of sp³-hybridized carbons (Fsp3) is 0.500. The van der Waals surface area contributed by atoms with Crippen LogP contribution < -0.4 is 15.5 Å². The number of rotatable bonds is 7. The third kappa shape index (κ3) is 5.73. The van der Waals surface area contributed by atoms with Gasteiger partial charge in [0.05, 0.1) is 0 Å². The van der Waals surface area contributed by atoms with E-state index in [4.69, 9.17) is 0 Å². The van der Waals surface area contributed by atoms with Gasteiger partial charge in [0.15, 0.2) is 0 Å². The maximum absolute atomic E-state index is 11.8. The molecule has 122 valence electrons. The van der Waals surface area contributed by atoms with Crippen molar-refractivity contribution in [2.45, 2.75) is 13.8 Å². The second-order valence-electron chi connectivity index (χ2n) is 5.23. The van der Waals surface area contributed by atoms with E-state index in [1.165, 1.54) is 0 Å². The molecule has 0 spiro atoms. The molecule has 1 aromatic rings. The summed E-state index contributed by atoms with van der Waals surface area (Å²) in [5, 5.41) is 5.18. The standard InChI is InChI=1S/C16H26N4O2/c1-5-20(6-2)14-9-7-13(8-10-14)18-16(22)15(21)17-11-12-19(3)4/h7-10H,5-6,11-12H2,1-4H3,(H,17,21)(H,18,22). The van der Waals surface area contributed by atoms with Crippen molar-refractivity contribution in [1.82, 2.24) is 10.2 Å². The van der Waals surface area contributed by atoms with Gasteiger partial charge in [-0.2, -0.15) is 0 Å². The molecule has 0 aliphatic heterocycles. The lowest BCUT2D eigenvalue weighted by Gasteiger charge is -2.21. The second-order valence-corrected chi connectivity index (χ2v) is 5.23. The van der Waals surface area contributed by atoms with E-state index in [2.05, 4.69) is 29.4 Å². The molecule has 1 rings (SSSR count). The van der Waals surface area contributed by atoms with Crippen LogP contribution >= 0.6 is 0 Å². The molecular formula is C16H26N4O2. The summed E-state index contributed by atoms with van der Waals surface area (Å²) < 4.78 is 0. The molecule has 1 aromatic carbocycles. The van der Waals surface area contributed by atoms with Crippen LogP contribution in [0.3, 0.4) is 0 Å². The SMILES string of the molecule is CCN(CC)c1ccc(NC(=O)C(=O)NCCN(C)C)cc1. The van der Waals surface area contributed by atoms with Crippen molar-refractivity contribution in [2.75, 3.05) is 50.5 Å². The van der Waals surface area contributed by atoms with Gasteiger partial charge in [0, 0.05) is 37.6 Å². The second kappa shape index (κ2) is 9.04. The molecule has 22 heavy (non-hydrogen) atoms. The van der Waals surface area contributed by atoms with Gasteiger partial charge < -0.3 is 20.4 Å². The first-order valence-electron chi connectivity index (χ1n) is 7.56. The van der Waals surface area contributed by atoms with Crippen molar-refractivity contribution in [3.63, 3.8) is 0 Å². The minimum atomic E-state index is -0.644. The zero-order valence-electron chi connectivity index (χ0n) is 13.8. The smallest absolute Gasteiger partial charge is 0.313 e. The summed E-state index contributed by atoms with van der Waals surface area (Å²) in [5.74, 6) is -1.26. The van der Waals surface area contributed by atoms with E-state index in [1.54, 1.807) is 12.1 Å². The van der Waals surface area contributed by atoms with E-state index in [-0.39, 0.29) is 0 Å². The predicted octanol–water partition coefficient (Wildman–Crippen LogP) is 1.15. The van der Waals surface area contributed by atoms with Crippen molar-refractivity contribution in [1.29, 1.82) is 0 Å². The lowest BCUT2D eigenvalue weighted by molar-refractivity contribution is -0.136. The van der Waals surface area contributed by atoms with Crippen LogP contribution in [-0.4, -0.2) is 57.0 Å². The largest absolute Gasteiger partial charge is 0.372 e. The Hall–Kier alpha value is -2.08. The minimum Gasteiger partial charge on any atom is -0.372 e. The molecule has 6 nitrogen and oxygen atoms in total. The molecule has 2 N–H and O–H groups in total. The van der Waals surface area contributed by atoms with Gasteiger partial charge in [-0.3, -0.25) is 9.59 Å². The number of hydrogen-bond acceptors (Lipinski definition) is 4. The first-order valence-corrected chi connectivity index (χ1v) is 7.56. The van der Waals surface area contributed by atoms with Gasteiger partial charge in [0.25, 0.3) is 0 Å². The van der Waals surface area contributed by atoms with Crippen molar-refractivity contribution in [3.05, 3.63) is 24.3 Å². The Balaban J connectivity index is 2.52. The highest BCUT2D eigenvalue weighted by Crippen LogP contribution is 2.17. The van der Waals surface area contributed by atoms with Gasteiger partial charge in [0.1, 0.15) is 0 Å². The molecule has 0 radical (unpaired) electrons. The number of benzene rings is 1. The van der Waals surface area contributed by atoms with Crippen molar-refractivity contribution in [3.8, 4) is 0 Å². The van der Waals surface area contributed by atoms with Crippen LogP contribution in [0, 0.1) is 0 Å². The highest BCUT2D eigenvalue weighted by Gasteiger charge is 2.13. The Kier molecular flexibility index (Phi) is 7.39. The van der Waals surface area contributed by atoms with Gasteiger partial charge in [0.2, 0.25) is 0 Å². The average Bonchev–Trinajstić information content (AvgIpc) is 2.49. The summed E-state index contributed by atoms with van der Waals surface area (Å²) in [7, 11) is 3.81. The first-order chi connectivity index (χ1) is 10.5. The third-order valence-electron chi connectivity index (χ3n) is 3.30. The summed E-state index contributed by atoms with van der Waals surface area (Å²) in [4.78, 5) is 27.6. The molecule has 0 saturated carbocycles. The zero-order chi connectivity index (χ0) is 16.5. The van der Waals surface area contributed by atoms with Gasteiger partial charge in [-0.05, 0) is 52.2 Å². The third-order valence-corrected chi connectivity index (χ3v) is 3.30. The molecule has 2 amide bonds. The Bertz CT molecular complexity index is 481. The number of likely N-dealkylation sites (N-methyl/N-ethyl adjacent to an activating group) is 1. The molecule has 6 heteroatoms. The van der Waals surface area contributed by atoms with Gasteiger partial charge in [-0.25, -0.2) is 0 Å². The van der Waals surface area contributed by atoms with Crippen molar-refractivity contribution in [2.24, 2.45) is 0 Å². The van der Waals surface area contributed by atoms with Crippen LogP contribution in [0.25, 0.3) is 0 Å². The molecule has 0 unspecified atom stereocenters. The summed E-state index contributed by atoms with van der Waals surface area (Å²) >= 11 is 0. The maximum atomic E-state index is 11.8. The molecule has 0 aliphatic carbocycles.